The van der Waals surface area contributed by atoms with E-state index in [1.54, 1.807) is 0 Å². The van der Waals surface area contributed by atoms with Crippen molar-refractivity contribution in [1.29, 1.82) is 0 Å². The van der Waals surface area contributed by atoms with E-state index in [2.05, 4.69) is 0 Å². The van der Waals surface area contributed by atoms with Gasteiger partial charge in [0.15, 0.2) is 11.9 Å². The van der Waals surface area contributed by atoms with E-state index in [-0.39, 0.29) is 36.1 Å². The molecule has 1 heterocycles. The lowest BCUT2D eigenvalue weighted by Crippen LogP contribution is -2.52. The molecule has 0 aromatic carbocycles. The van der Waals surface area contributed by atoms with Gasteiger partial charge in [-0.3, -0.25) is 0 Å². The summed E-state index contributed by atoms with van der Waals surface area (Å²) in [6.45, 7) is 2.89. The molecular weight excluding hydrogens is 490 g/mol. The van der Waals surface area contributed by atoms with Crippen LogP contribution in [0.5, 0.6) is 0 Å². The topological polar surface area (TPSA) is 27.7 Å². The molecule has 4 aliphatic carbocycles. The Bertz CT molecular complexity index is 786. The second-order valence-corrected chi connectivity index (χ2v) is 16.3. The lowest BCUT2D eigenvalue weighted by Gasteiger charge is -2.45. The summed E-state index contributed by atoms with van der Waals surface area (Å²) in [6.07, 6.45) is 0.161. The highest BCUT2D eigenvalue weighted by Gasteiger charge is 2.68. The maximum absolute atomic E-state index is 14.2. The Morgan fingerprint density at radius 3 is 2.00 bits per heavy atom. The van der Waals surface area contributed by atoms with Crippen LogP contribution < -0.4 is 0 Å². The normalized spacial score (nSPS) is 44.3. The molecule has 3 nitrogen and oxygen atoms in total. The largest absolute Gasteiger partial charge is 0.417 e. The van der Waals surface area contributed by atoms with Crippen molar-refractivity contribution in [2.75, 3.05) is 13.7 Å². The Labute approximate surface area is 204 Å². The van der Waals surface area contributed by atoms with Crippen molar-refractivity contribution in [3.8, 4) is 0 Å². The minimum atomic E-state index is -4.48. The van der Waals surface area contributed by atoms with E-state index >= 15 is 0 Å². The van der Waals surface area contributed by atoms with Gasteiger partial charge in [0.25, 0.3) is 0 Å². The van der Waals surface area contributed by atoms with Gasteiger partial charge in [0.2, 0.25) is 0 Å². The molecule has 0 N–H and O–H groups in total. The maximum atomic E-state index is 14.2. The molecule has 0 spiro atoms. The van der Waals surface area contributed by atoms with Crippen LogP contribution in [0.2, 0.25) is 12.6 Å². The number of hydrogen-bond acceptors (Lipinski definition) is 3. The molecule has 0 aromatic rings. The molecule has 5 fully saturated rings. The van der Waals surface area contributed by atoms with Gasteiger partial charge in [-0.2, -0.15) is 26.3 Å². The van der Waals surface area contributed by atoms with Crippen LogP contribution in [0.3, 0.4) is 0 Å². The monoisotopic (exact) mass is 528 g/mol. The Morgan fingerprint density at radius 2 is 1.49 bits per heavy atom. The molecular formula is C25H38F6O3Si. The van der Waals surface area contributed by atoms with Gasteiger partial charge in [-0.25, -0.2) is 0 Å². The zero-order valence-electron chi connectivity index (χ0n) is 20.8. The fraction of sp³-hybridized carbons (Fsp3) is 1.00. The second kappa shape index (κ2) is 8.87. The first-order chi connectivity index (χ1) is 16.3. The number of rotatable bonds is 7. The van der Waals surface area contributed by atoms with E-state index in [9.17, 15) is 26.3 Å². The predicted molar refractivity (Wildman–Crippen MR) is 120 cm³/mol. The van der Waals surface area contributed by atoms with Gasteiger partial charge in [-0.1, -0.05) is 0 Å². The van der Waals surface area contributed by atoms with Crippen LogP contribution in [-0.2, 0) is 13.9 Å². The molecule has 202 valence electrons. The second-order valence-electron chi connectivity index (χ2n) is 12.4. The first-order valence-electron chi connectivity index (χ1n) is 13.2. The molecule has 11 unspecified atom stereocenters. The summed E-state index contributed by atoms with van der Waals surface area (Å²) in [5, 5.41) is 0. The van der Waals surface area contributed by atoms with E-state index in [1.165, 1.54) is 20.6 Å². The van der Waals surface area contributed by atoms with Gasteiger partial charge < -0.3 is 13.9 Å². The van der Waals surface area contributed by atoms with Gasteiger partial charge in [0.1, 0.15) is 0 Å². The molecule has 4 bridgehead atoms. The Hall–Kier alpha value is -0.323. The summed E-state index contributed by atoms with van der Waals surface area (Å²) in [6, 6.07) is 0.111. The van der Waals surface area contributed by atoms with Crippen LogP contribution in [-0.4, -0.2) is 45.9 Å². The maximum Gasteiger partial charge on any atom is 0.417 e. The number of hydrogen-bond donors (Lipinski definition) is 0. The Kier molecular flexibility index (Phi) is 6.66. The van der Waals surface area contributed by atoms with Gasteiger partial charge >= 0.3 is 20.3 Å². The van der Waals surface area contributed by atoms with Crippen LogP contribution >= 0.6 is 0 Å². The van der Waals surface area contributed by atoms with E-state index in [4.69, 9.17) is 13.9 Å². The van der Waals surface area contributed by atoms with E-state index in [0.717, 1.165) is 38.5 Å². The molecule has 1 saturated heterocycles. The molecule has 11 atom stereocenters. The van der Waals surface area contributed by atoms with Crippen molar-refractivity contribution in [2.45, 2.75) is 94.7 Å². The van der Waals surface area contributed by atoms with Crippen LogP contribution in [0, 0.1) is 47.3 Å². The van der Waals surface area contributed by atoms with Crippen molar-refractivity contribution in [1.82, 2.24) is 0 Å². The van der Waals surface area contributed by atoms with Crippen molar-refractivity contribution >= 4 is 8.32 Å². The third kappa shape index (κ3) is 4.40. The predicted octanol–water partition coefficient (Wildman–Crippen LogP) is 7.11. The van der Waals surface area contributed by atoms with E-state index in [0.29, 0.717) is 36.7 Å². The molecule has 0 radical (unpaired) electrons. The molecule has 1 aliphatic heterocycles. The lowest BCUT2D eigenvalue weighted by atomic mass is 9.63. The molecule has 5 aliphatic rings. The number of alkyl halides is 6. The molecule has 35 heavy (non-hydrogen) atoms. The van der Waals surface area contributed by atoms with Crippen molar-refractivity contribution in [2.24, 2.45) is 47.3 Å². The molecule has 5 rings (SSSR count). The first kappa shape index (κ1) is 26.3. The molecule has 4 saturated carbocycles. The zero-order chi connectivity index (χ0) is 25.4. The van der Waals surface area contributed by atoms with Crippen LogP contribution in [0.4, 0.5) is 26.3 Å². The SMILES string of the molecule is CO[Si](C)(CC1CC2CC1C1C3CC(CC(C)(OC4CCCCO4)C(F)(F)F)C(C3)C21)C(F)(F)F. The van der Waals surface area contributed by atoms with E-state index in [1.807, 2.05) is 0 Å². The first-order valence-corrected chi connectivity index (χ1v) is 15.9. The van der Waals surface area contributed by atoms with Gasteiger partial charge in [-0.05, 0) is 118 Å². The highest BCUT2D eigenvalue weighted by atomic mass is 28.4. The molecule has 10 heteroatoms. The molecule has 0 aromatic heterocycles. The van der Waals surface area contributed by atoms with Gasteiger partial charge in [0, 0.05) is 13.7 Å². The highest BCUT2D eigenvalue weighted by molar-refractivity contribution is 6.74. The summed E-state index contributed by atoms with van der Waals surface area (Å²) >= 11 is 0. The third-order valence-electron chi connectivity index (χ3n) is 10.6. The van der Waals surface area contributed by atoms with Crippen LogP contribution in [0.1, 0.15) is 58.3 Å². The van der Waals surface area contributed by atoms with Crippen LogP contribution in [0.15, 0.2) is 0 Å². The summed E-state index contributed by atoms with van der Waals surface area (Å²) in [4.78, 5) is 0. The number of halogens is 6. The fourth-order valence-electron chi connectivity index (χ4n) is 8.98. The Balaban J connectivity index is 1.27. The summed E-state index contributed by atoms with van der Waals surface area (Å²) < 4.78 is 100. The van der Waals surface area contributed by atoms with Crippen molar-refractivity contribution < 1.29 is 40.2 Å². The lowest BCUT2D eigenvalue weighted by molar-refractivity contribution is -0.328. The summed E-state index contributed by atoms with van der Waals surface area (Å²) in [7, 11) is -2.64. The quantitative estimate of drug-likeness (QED) is 0.200. The smallest absolute Gasteiger partial charge is 0.411 e. The average Bonchev–Trinajstić information content (AvgIpc) is 3.51. The third-order valence-corrected chi connectivity index (χ3v) is 14.0. The van der Waals surface area contributed by atoms with Crippen LogP contribution in [0.25, 0.3) is 0 Å². The van der Waals surface area contributed by atoms with E-state index < -0.39 is 32.2 Å². The zero-order valence-corrected chi connectivity index (χ0v) is 21.8. The minimum Gasteiger partial charge on any atom is -0.411 e. The van der Waals surface area contributed by atoms with Gasteiger partial charge in [0.05, 0.1) is 0 Å². The number of fused-ring (bicyclic) bond motifs is 9. The van der Waals surface area contributed by atoms with Gasteiger partial charge in [-0.15, -0.1) is 0 Å². The summed E-state index contributed by atoms with van der Waals surface area (Å²) in [5.41, 5.74) is -2.24. The summed E-state index contributed by atoms with van der Waals surface area (Å²) in [5.74, 6) is -2.39. The standard InChI is InChI=1S/C25H38F6O3Si/c1-23(24(26,27)28,34-20-6-4-5-7-33-20)12-16-8-14-10-18(16)21-15-9-17(19(11-15)22(14)21)13-35(3,32-2)25(29,30)31/h14-22H,4-13H2,1-3H3. The fourth-order valence-corrected chi connectivity index (χ4v) is 11.1. The minimum absolute atomic E-state index is 0.0320. The number of ether oxygens (including phenoxy) is 2. The molecule has 0 amide bonds. The average molecular weight is 529 g/mol. The van der Waals surface area contributed by atoms with Crippen molar-refractivity contribution in [3.05, 3.63) is 0 Å². The van der Waals surface area contributed by atoms with Crippen molar-refractivity contribution in [3.63, 3.8) is 0 Å². The Morgan fingerprint density at radius 1 is 0.886 bits per heavy atom. The highest BCUT2D eigenvalue weighted by Crippen LogP contribution is 2.71.